The summed E-state index contributed by atoms with van der Waals surface area (Å²) >= 11 is 0. The molecule has 11 atom stereocenters. The molecule has 3 unspecified atom stereocenters. The van der Waals surface area contributed by atoms with Gasteiger partial charge in [-0.2, -0.15) is 4.98 Å². The lowest BCUT2D eigenvalue weighted by Gasteiger charge is -2.25. The van der Waals surface area contributed by atoms with E-state index in [0.717, 1.165) is 27.9 Å². The van der Waals surface area contributed by atoms with Crippen LogP contribution in [0.25, 0.3) is 11.2 Å². The van der Waals surface area contributed by atoms with Crippen LogP contribution < -0.4 is 28.1 Å². The number of nitrogen functional groups attached to an aromatic ring is 1. The number of hydrogen-bond acceptors (Lipinski definition) is 16. The van der Waals surface area contributed by atoms with E-state index in [4.69, 9.17) is 40.2 Å². The zero-order chi connectivity index (χ0) is 32.7. The molecule has 2 saturated heterocycles. The first-order chi connectivity index (χ1) is 21.7. The number of phosphoric acid groups is 1. The summed E-state index contributed by atoms with van der Waals surface area (Å²) in [6.45, 7) is -0.913. The summed E-state index contributed by atoms with van der Waals surface area (Å²) in [6.07, 6.45) is -12.6. The molecule has 46 heavy (non-hydrogen) atoms. The molecule has 0 spiro atoms. The number of hydrogen-bond donors (Lipinski definition) is 7. The summed E-state index contributed by atoms with van der Waals surface area (Å²) < 4.78 is 87.0. The predicted octanol–water partition coefficient (Wildman–Crippen LogP) is -0.633. The van der Waals surface area contributed by atoms with E-state index < -0.39 is 83.0 Å². The van der Waals surface area contributed by atoms with Gasteiger partial charge in [-0.15, -0.1) is 0 Å². The van der Waals surface area contributed by atoms with Gasteiger partial charge in [0.05, 0.1) is 19.3 Å². The fraction of sp³-hybridized carbons (Fsp3) is 0.476. The quantitative estimate of drug-likeness (QED) is 0.164. The molecule has 0 aromatic carbocycles. The molecular weight excluding hydrogens is 666 g/mol. The highest BCUT2D eigenvalue weighted by Gasteiger charge is 2.54. The van der Waals surface area contributed by atoms with Gasteiger partial charge in [-0.1, -0.05) is 0 Å². The second-order valence-electron chi connectivity index (χ2n) is 10.5. The number of nitrogens with one attached hydrogen (secondary N) is 2. The van der Waals surface area contributed by atoms with Crippen molar-refractivity contribution < 1.29 is 50.7 Å². The molecule has 0 bridgehead atoms. The van der Waals surface area contributed by atoms with Crippen LogP contribution in [0.5, 0.6) is 0 Å². The van der Waals surface area contributed by atoms with Crippen LogP contribution in [0.4, 0.5) is 20.5 Å². The van der Waals surface area contributed by atoms with Crippen LogP contribution >= 0.6 is 15.4 Å². The molecule has 4 aliphatic rings. The molecule has 21 nitrogen and oxygen atoms in total. The Hall–Kier alpha value is -3.63. The number of imidazole rings is 2. The van der Waals surface area contributed by atoms with Crippen LogP contribution in [0.1, 0.15) is 24.3 Å². The molecule has 10 N–H and O–H groups in total. The molecule has 4 aliphatic heterocycles. The van der Waals surface area contributed by atoms with E-state index >= 15 is 8.78 Å². The second-order valence-corrected chi connectivity index (χ2v) is 13.5. The van der Waals surface area contributed by atoms with Crippen LogP contribution in [-0.4, -0.2) is 88.2 Å². The highest BCUT2D eigenvalue weighted by Crippen LogP contribution is 2.54. The first-order valence-electron chi connectivity index (χ1n) is 13.3. The lowest BCUT2D eigenvalue weighted by molar-refractivity contribution is -0.0486. The topological polar surface area (TPSA) is 305 Å². The maximum absolute atomic E-state index is 16.0. The van der Waals surface area contributed by atoms with Crippen LogP contribution in [-0.2, 0) is 32.2 Å². The van der Waals surface area contributed by atoms with Crippen LogP contribution in [0.3, 0.4) is 0 Å². The minimum atomic E-state index is -5.17. The van der Waals surface area contributed by atoms with Gasteiger partial charge >= 0.3 is 15.4 Å². The molecule has 25 heteroatoms. The van der Waals surface area contributed by atoms with E-state index in [9.17, 15) is 23.7 Å². The number of halogens is 2. The van der Waals surface area contributed by atoms with Gasteiger partial charge in [0.25, 0.3) is 5.56 Å². The van der Waals surface area contributed by atoms with Gasteiger partial charge in [0.15, 0.2) is 41.9 Å². The van der Waals surface area contributed by atoms with Gasteiger partial charge in [-0.25, -0.2) is 28.3 Å². The number of H-pyrrole nitrogens is 1. The number of ether oxygens (including phenoxy) is 2. The fourth-order valence-electron chi connectivity index (χ4n) is 5.49. The van der Waals surface area contributed by atoms with E-state index in [1.54, 1.807) is 0 Å². The number of phosphoric ester groups is 1. The number of rotatable bonds is 2. The Kier molecular flexibility index (Phi) is 7.40. The fourth-order valence-corrected chi connectivity index (χ4v) is 7.49. The Bertz CT molecular complexity index is 1920. The number of anilines is 2. The van der Waals surface area contributed by atoms with E-state index in [1.807, 2.05) is 0 Å². The van der Waals surface area contributed by atoms with Crippen LogP contribution in [0.15, 0.2) is 34.3 Å². The number of fused-ring (bicyclic) bond motifs is 4. The van der Waals surface area contributed by atoms with Gasteiger partial charge in [0, 0.05) is 5.82 Å². The Morgan fingerprint density at radius 3 is 2.52 bits per heavy atom. The average Bonchev–Trinajstić information content (AvgIpc) is 3.72. The summed E-state index contributed by atoms with van der Waals surface area (Å²) in [7, 11) is -10.0. The average molecular weight is 691 g/mol. The lowest BCUT2D eigenvalue weighted by Crippen LogP contribution is -2.35. The zero-order valence-corrected chi connectivity index (χ0v) is 24.7. The highest BCUT2D eigenvalue weighted by molar-refractivity contribution is 7.56. The maximum Gasteiger partial charge on any atom is 0.472 e. The lowest BCUT2D eigenvalue weighted by atomic mass is 10.1. The Morgan fingerprint density at radius 2 is 1.74 bits per heavy atom. The summed E-state index contributed by atoms with van der Waals surface area (Å²) in [4.78, 5) is 51.5. The van der Waals surface area contributed by atoms with Crippen molar-refractivity contribution in [2.75, 3.05) is 17.7 Å². The maximum atomic E-state index is 16.0. The number of aliphatic imine (C=N–C) groups is 1. The van der Waals surface area contributed by atoms with Gasteiger partial charge in [-0.05, 0) is 6.08 Å². The predicted molar refractivity (Wildman–Crippen MR) is 149 cm³/mol. The Morgan fingerprint density at radius 1 is 1.02 bits per heavy atom. The Labute approximate surface area is 254 Å². The van der Waals surface area contributed by atoms with E-state index in [-0.39, 0.29) is 34.6 Å². The molecule has 3 aromatic rings. The van der Waals surface area contributed by atoms with Crippen molar-refractivity contribution in [3.05, 3.63) is 40.6 Å². The number of guanidine groups is 1. The molecule has 3 aromatic heterocycles. The smallest absolute Gasteiger partial charge is 0.370 e. The Balaban J connectivity index is 1.19. The molecule has 7 rings (SSSR count). The molecular formula is C21H25F2N11O10P2. The minimum absolute atomic E-state index is 0.0963. The van der Waals surface area contributed by atoms with E-state index in [1.165, 1.54) is 0 Å². The van der Waals surface area contributed by atoms with Gasteiger partial charge < -0.3 is 41.8 Å². The van der Waals surface area contributed by atoms with Crippen LogP contribution in [0.2, 0.25) is 0 Å². The SMILES string of the molecule is NC1=NC(N)c2ncn([C@@H]3O[C@@H]4COP(=O)(O)O[C@H]5[C@@H](F)[C@H](n6cnc7c(=O)[nH]c(N)nc76)O[C@@H]5/C=C/P(=O)(O)O[C@H]4[C@H]3F)c2N1. The molecule has 248 valence electrons. The third-order valence-corrected chi connectivity index (χ3v) is 9.57. The minimum Gasteiger partial charge on any atom is -0.370 e. The number of alkyl halides is 2. The first-order valence-corrected chi connectivity index (χ1v) is 16.5. The zero-order valence-electron chi connectivity index (χ0n) is 22.9. The largest absolute Gasteiger partial charge is 0.472 e. The molecule has 0 amide bonds. The van der Waals surface area contributed by atoms with E-state index in [2.05, 4.69) is 30.2 Å². The normalized spacial score (nSPS) is 40.2. The van der Waals surface area contributed by atoms with Crippen molar-refractivity contribution >= 4 is 44.3 Å². The summed E-state index contributed by atoms with van der Waals surface area (Å²) in [5.74, 6) is 0.306. The van der Waals surface area contributed by atoms with Crippen molar-refractivity contribution in [2.45, 2.75) is 55.4 Å². The van der Waals surface area contributed by atoms with Crippen LogP contribution in [0, 0.1) is 0 Å². The molecule has 0 aliphatic carbocycles. The molecule has 7 heterocycles. The van der Waals surface area contributed by atoms with Crippen molar-refractivity contribution in [1.29, 1.82) is 0 Å². The molecule has 0 radical (unpaired) electrons. The summed E-state index contributed by atoms with van der Waals surface area (Å²) in [5.41, 5.74) is 16.3. The van der Waals surface area contributed by atoms with Gasteiger partial charge in [0.2, 0.25) is 5.95 Å². The summed E-state index contributed by atoms with van der Waals surface area (Å²) in [6, 6.07) is 0. The second kappa shape index (κ2) is 11.0. The summed E-state index contributed by atoms with van der Waals surface area (Å²) in [5, 5.41) is 2.69. The highest BCUT2D eigenvalue weighted by atomic mass is 31.2. The van der Waals surface area contributed by atoms with E-state index in [0.29, 0.717) is 5.82 Å². The number of aromatic amines is 1. The van der Waals surface area contributed by atoms with Crippen molar-refractivity contribution in [3.63, 3.8) is 0 Å². The number of aromatic nitrogens is 6. The standard InChI is InChI=1S/C21H25F2N11O10P2/c22-8-12-6(41-18(8)34-5-28-11-16(34)31-21(26)32-17(11)35)1-2-45(36,37)43-13-7(3-40-46(38,39)44-12)42-19(9(13)23)33-4-27-10-14(24)29-20(25)30-15(10)33/h1-2,4-9,12-14,18-19H,3,24H2,(H,36,37)(H,38,39)(H3,25,29,30)(H3,26,31,32,35)/b2-1+/t6-,7-,8-,9-,12-,13-,14?,18-,19-/m1/s1. The van der Waals surface area contributed by atoms with Gasteiger partial charge in [0.1, 0.15) is 42.1 Å². The first kappa shape index (κ1) is 31.0. The third kappa shape index (κ3) is 5.33. The third-order valence-electron chi connectivity index (χ3n) is 7.49. The molecule has 0 saturated carbocycles. The van der Waals surface area contributed by atoms with Crippen molar-refractivity contribution in [3.8, 4) is 0 Å². The van der Waals surface area contributed by atoms with Crippen molar-refractivity contribution in [1.82, 2.24) is 29.1 Å². The number of nitrogens with two attached hydrogens (primary N) is 3. The number of nitrogens with zero attached hydrogens (tertiary/aromatic N) is 6. The monoisotopic (exact) mass is 691 g/mol. The molecule has 2 fully saturated rings. The van der Waals surface area contributed by atoms with Crippen molar-refractivity contribution in [2.24, 2.45) is 16.5 Å². The van der Waals surface area contributed by atoms with Gasteiger partial charge in [-0.3, -0.25) is 37.0 Å².